The maximum atomic E-state index is 11.7. The van der Waals surface area contributed by atoms with Gasteiger partial charge >= 0.3 is 6.09 Å². The molecule has 0 aliphatic carbocycles. The zero-order valence-electron chi connectivity index (χ0n) is 8.73. The van der Waals surface area contributed by atoms with E-state index < -0.39 is 0 Å². The molecule has 1 saturated heterocycles. The third-order valence-corrected chi connectivity index (χ3v) is 2.80. The first-order valence-electron chi connectivity index (χ1n) is 5.06. The number of ether oxygens (including phenoxy) is 1. The average Bonchev–Trinajstić information content (AvgIpc) is 2.30. The number of hydrogen-bond acceptors (Lipinski definition) is 2. The van der Waals surface area contributed by atoms with Gasteiger partial charge in [0.1, 0.15) is 0 Å². The Labute approximate surface area is 99.3 Å². The molecule has 0 bridgehead atoms. The fraction of sp³-hybridized carbons (Fsp3) is 0.250. The third-order valence-electron chi connectivity index (χ3n) is 2.54. The Kier molecular flexibility index (Phi) is 3.15. The third kappa shape index (κ3) is 2.04. The van der Waals surface area contributed by atoms with Crippen molar-refractivity contribution < 1.29 is 9.53 Å². The highest BCUT2D eigenvalue weighted by molar-refractivity contribution is 6.30. The first kappa shape index (κ1) is 11.0. The van der Waals surface area contributed by atoms with Gasteiger partial charge in [0.25, 0.3) is 0 Å². The van der Waals surface area contributed by atoms with Crippen molar-refractivity contribution in [1.82, 2.24) is 0 Å². The van der Waals surface area contributed by atoms with Gasteiger partial charge in [0.15, 0.2) is 0 Å². The fourth-order valence-electron chi connectivity index (χ4n) is 1.72. The van der Waals surface area contributed by atoms with Crippen LogP contribution in [0.4, 0.5) is 10.5 Å². The maximum Gasteiger partial charge on any atom is 0.414 e. The Bertz CT molecular complexity index is 402. The lowest BCUT2D eigenvalue weighted by molar-refractivity contribution is 0.134. The van der Waals surface area contributed by atoms with Crippen LogP contribution < -0.4 is 4.90 Å². The monoisotopic (exact) mass is 237 g/mol. The molecule has 4 heteroatoms. The lowest BCUT2D eigenvalue weighted by Crippen LogP contribution is -2.44. The Hall–Kier alpha value is -1.48. The molecule has 84 valence electrons. The van der Waals surface area contributed by atoms with Crippen LogP contribution in [0.15, 0.2) is 36.9 Å². The molecule has 1 unspecified atom stereocenters. The normalized spacial score (nSPS) is 20.4. The van der Waals surface area contributed by atoms with E-state index in [0.717, 1.165) is 12.1 Å². The Balaban J connectivity index is 2.31. The van der Waals surface area contributed by atoms with Crippen molar-refractivity contribution >= 4 is 23.4 Å². The second-order valence-electron chi connectivity index (χ2n) is 3.55. The van der Waals surface area contributed by atoms with Crippen LogP contribution in [0.25, 0.3) is 0 Å². The minimum absolute atomic E-state index is 0.0116. The van der Waals surface area contributed by atoms with Crippen molar-refractivity contribution in [3.8, 4) is 0 Å². The molecular formula is C12H12ClNO2. The van der Waals surface area contributed by atoms with E-state index in [2.05, 4.69) is 6.58 Å². The molecule has 1 heterocycles. The summed E-state index contributed by atoms with van der Waals surface area (Å²) in [6.07, 6.45) is 2.19. The van der Waals surface area contributed by atoms with E-state index in [-0.39, 0.29) is 12.1 Å². The van der Waals surface area contributed by atoms with Crippen LogP contribution >= 0.6 is 11.6 Å². The van der Waals surface area contributed by atoms with Gasteiger partial charge in [0, 0.05) is 17.1 Å². The van der Waals surface area contributed by atoms with Crippen LogP contribution in [-0.2, 0) is 4.74 Å². The second kappa shape index (κ2) is 4.58. The maximum absolute atomic E-state index is 11.7. The molecule has 0 radical (unpaired) electrons. The summed E-state index contributed by atoms with van der Waals surface area (Å²) in [6, 6.07) is 7.08. The Morgan fingerprint density at radius 2 is 2.12 bits per heavy atom. The molecule has 0 aromatic heterocycles. The van der Waals surface area contributed by atoms with E-state index in [4.69, 9.17) is 16.3 Å². The highest BCUT2D eigenvalue weighted by Gasteiger charge is 2.28. The van der Waals surface area contributed by atoms with Crippen LogP contribution in [0, 0.1) is 0 Å². The van der Waals surface area contributed by atoms with Crippen LogP contribution in [0.1, 0.15) is 6.42 Å². The molecule has 16 heavy (non-hydrogen) atoms. The summed E-state index contributed by atoms with van der Waals surface area (Å²) in [5.74, 6) is 0. The molecule has 1 fully saturated rings. The molecule has 1 amide bonds. The van der Waals surface area contributed by atoms with Gasteiger partial charge in [-0.05, 0) is 24.3 Å². The summed E-state index contributed by atoms with van der Waals surface area (Å²) < 4.78 is 5.01. The number of benzene rings is 1. The average molecular weight is 238 g/mol. The number of cyclic esters (lactones) is 1. The molecule has 0 N–H and O–H groups in total. The van der Waals surface area contributed by atoms with Gasteiger partial charge in [0.05, 0.1) is 12.6 Å². The lowest BCUT2D eigenvalue weighted by Gasteiger charge is -2.33. The number of anilines is 1. The standard InChI is InChI=1S/C12H12ClNO2/c1-2-10-7-8-16-12(15)14(10)11-5-3-9(13)4-6-11/h2-6,10H,1,7-8H2. The second-order valence-corrected chi connectivity index (χ2v) is 3.99. The van der Waals surface area contributed by atoms with E-state index >= 15 is 0 Å². The minimum atomic E-state index is -0.335. The van der Waals surface area contributed by atoms with Gasteiger partial charge in [0.2, 0.25) is 0 Å². The van der Waals surface area contributed by atoms with Gasteiger partial charge in [-0.3, -0.25) is 4.90 Å². The molecule has 1 atom stereocenters. The molecule has 1 aromatic rings. The van der Waals surface area contributed by atoms with Crippen molar-refractivity contribution in [2.24, 2.45) is 0 Å². The highest BCUT2D eigenvalue weighted by atomic mass is 35.5. The minimum Gasteiger partial charge on any atom is -0.449 e. The topological polar surface area (TPSA) is 29.5 Å². The highest BCUT2D eigenvalue weighted by Crippen LogP contribution is 2.25. The largest absolute Gasteiger partial charge is 0.449 e. The van der Waals surface area contributed by atoms with E-state index in [1.165, 1.54) is 0 Å². The lowest BCUT2D eigenvalue weighted by atomic mass is 10.1. The SMILES string of the molecule is C=CC1CCOC(=O)N1c1ccc(Cl)cc1. The van der Waals surface area contributed by atoms with E-state index in [0.29, 0.717) is 11.6 Å². The molecule has 0 spiro atoms. The number of carbonyl (C=O) groups is 1. The van der Waals surface area contributed by atoms with Gasteiger partial charge in [-0.25, -0.2) is 4.79 Å². The Morgan fingerprint density at radius 3 is 2.75 bits per heavy atom. The van der Waals surface area contributed by atoms with E-state index in [1.54, 1.807) is 35.2 Å². The number of amides is 1. The van der Waals surface area contributed by atoms with Gasteiger partial charge in [-0.1, -0.05) is 17.7 Å². The summed E-state index contributed by atoms with van der Waals surface area (Å²) in [5.41, 5.74) is 0.777. The first-order chi connectivity index (χ1) is 7.72. The molecule has 1 aromatic carbocycles. The molecular weight excluding hydrogens is 226 g/mol. The molecule has 1 aliphatic heterocycles. The summed E-state index contributed by atoms with van der Waals surface area (Å²) in [6.45, 7) is 4.18. The van der Waals surface area contributed by atoms with Crippen molar-refractivity contribution in [3.63, 3.8) is 0 Å². The number of hydrogen-bond donors (Lipinski definition) is 0. The summed E-state index contributed by atoms with van der Waals surface area (Å²) in [4.78, 5) is 13.3. The number of nitrogens with zero attached hydrogens (tertiary/aromatic N) is 1. The summed E-state index contributed by atoms with van der Waals surface area (Å²) in [5, 5.41) is 0.643. The quantitative estimate of drug-likeness (QED) is 0.739. The number of rotatable bonds is 2. The smallest absolute Gasteiger partial charge is 0.414 e. The van der Waals surface area contributed by atoms with Crippen molar-refractivity contribution in [3.05, 3.63) is 41.9 Å². The predicted molar refractivity (Wildman–Crippen MR) is 63.9 cm³/mol. The van der Waals surface area contributed by atoms with Crippen molar-refractivity contribution in [1.29, 1.82) is 0 Å². The molecule has 2 rings (SSSR count). The Morgan fingerprint density at radius 1 is 1.44 bits per heavy atom. The molecule has 0 saturated carbocycles. The molecule has 1 aliphatic rings. The zero-order valence-corrected chi connectivity index (χ0v) is 9.48. The van der Waals surface area contributed by atoms with Crippen LogP contribution in [0.5, 0.6) is 0 Å². The molecule has 3 nitrogen and oxygen atoms in total. The van der Waals surface area contributed by atoms with Gasteiger partial charge in [-0.15, -0.1) is 6.58 Å². The van der Waals surface area contributed by atoms with Gasteiger partial charge in [-0.2, -0.15) is 0 Å². The van der Waals surface area contributed by atoms with Crippen molar-refractivity contribution in [2.75, 3.05) is 11.5 Å². The first-order valence-corrected chi connectivity index (χ1v) is 5.44. The summed E-state index contributed by atoms with van der Waals surface area (Å²) >= 11 is 5.80. The van der Waals surface area contributed by atoms with Crippen LogP contribution in [0.2, 0.25) is 5.02 Å². The number of carbonyl (C=O) groups excluding carboxylic acids is 1. The summed E-state index contributed by atoms with van der Waals surface area (Å²) in [7, 11) is 0. The van der Waals surface area contributed by atoms with Crippen molar-refractivity contribution in [2.45, 2.75) is 12.5 Å². The van der Waals surface area contributed by atoms with E-state index in [9.17, 15) is 4.79 Å². The van der Waals surface area contributed by atoms with Crippen LogP contribution in [0.3, 0.4) is 0 Å². The fourth-order valence-corrected chi connectivity index (χ4v) is 1.85. The van der Waals surface area contributed by atoms with Gasteiger partial charge < -0.3 is 4.74 Å². The number of halogens is 1. The predicted octanol–water partition coefficient (Wildman–Crippen LogP) is 3.24. The van der Waals surface area contributed by atoms with Crippen LogP contribution in [-0.4, -0.2) is 18.7 Å². The zero-order chi connectivity index (χ0) is 11.5. The van der Waals surface area contributed by atoms with E-state index in [1.807, 2.05) is 0 Å².